The molecule has 1 aliphatic heterocycles. The molecule has 0 atom stereocenters. The van der Waals surface area contributed by atoms with Gasteiger partial charge in [0, 0.05) is 43.9 Å². The fourth-order valence-electron chi connectivity index (χ4n) is 3.56. The fourth-order valence-corrected chi connectivity index (χ4v) is 4.98. The molecular weight excluding hydrogens is 442 g/mol. The van der Waals surface area contributed by atoms with Gasteiger partial charge >= 0.3 is 0 Å². The number of piperazine rings is 1. The molecule has 2 aromatic rings. The summed E-state index contributed by atoms with van der Waals surface area (Å²) in [5.41, 5.74) is 1.41. The van der Waals surface area contributed by atoms with Gasteiger partial charge in [-0.3, -0.25) is 9.59 Å². The maximum atomic E-state index is 12.9. The van der Waals surface area contributed by atoms with Gasteiger partial charge in [-0.1, -0.05) is 12.1 Å². The minimum absolute atomic E-state index is 0.0773. The van der Waals surface area contributed by atoms with Gasteiger partial charge in [-0.15, -0.1) is 0 Å². The Morgan fingerprint density at radius 2 is 1.61 bits per heavy atom. The molecule has 8 nitrogen and oxygen atoms in total. The van der Waals surface area contributed by atoms with Crippen LogP contribution >= 0.6 is 0 Å². The van der Waals surface area contributed by atoms with Crippen LogP contribution in [-0.4, -0.2) is 68.8 Å². The summed E-state index contributed by atoms with van der Waals surface area (Å²) in [5, 5.41) is 2.94. The van der Waals surface area contributed by atoms with Gasteiger partial charge in [-0.05, 0) is 60.9 Å². The van der Waals surface area contributed by atoms with E-state index in [0.717, 1.165) is 18.4 Å². The first-order valence-electron chi connectivity index (χ1n) is 10.9. The van der Waals surface area contributed by atoms with Crippen LogP contribution < -0.4 is 10.1 Å². The zero-order valence-corrected chi connectivity index (χ0v) is 19.3. The number of ether oxygens (including phenoxy) is 1. The molecule has 0 bridgehead atoms. The number of amides is 2. The lowest BCUT2D eigenvalue weighted by molar-refractivity contribution is -0.127. The quantitative estimate of drug-likeness (QED) is 0.627. The molecule has 0 unspecified atom stereocenters. The van der Waals surface area contributed by atoms with E-state index in [1.807, 2.05) is 0 Å². The molecule has 0 radical (unpaired) electrons. The molecule has 1 heterocycles. The molecule has 1 saturated carbocycles. The SMILES string of the molecule is COc1ccc(S(=O)(=O)N2CCN(C(=O)/C=C/c3ccc(C(=O)NC4CC4)cc3)CC2)cc1. The summed E-state index contributed by atoms with van der Waals surface area (Å²) in [6.45, 7) is 1.11. The lowest BCUT2D eigenvalue weighted by atomic mass is 10.1. The van der Waals surface area contributed by atoms with E-state index in [-0.39, 0.29) is 29.8 Å². The predicted octanol–water partition coefficient (Wildman–Crippen LogP) is 2.13. The first-order chi connectivity index (χ1) is 15.9. The van der Waals surface area contributed by atoms with Crippen LogP contribution in [0.1, 0.15) is 28.8 Å². The molecule has 1 N–H and O–H groups in total. The van der Waals surface area contributed by atoms with Crippen LogP contribution in [-0.2, 0) is 14.8 Å². The number of nitrogens with one attached hydrogen (secondary N) is 1. The van der Waals surface area contributed by atoms with Crippen LogP contribution in [0.4, 0.5) is 0 Å². The van der Waals surface area contributed by atoms with E-state index in [1.165, 1.54) is 29.6 Å². The van der Waals surface area contributed by atoms with Gasteiger partial charge in [0.2, 0.25) is 15.9 Å². The molecule has 0 spiro atoms. The minimum Gasteiger partial charge on any atom is -0.497 e. The van der Waals surface area contributed by atoms with Gasteiger partial charge in [0.05, 0.1) is 12.0 Å². The number of hydrogen-bond acceptors (Lipinski definition) is 5. The van der Waals surface area contributed by atoms with Crippen molar-refractivity contribution in [2.45, 2.75) is 23.8 Å². The minimum atomic E-state index is -3.62. The lowest BCUT2D eigenvalue weighted by Gasteiger charge is -2.33. The molecule has 2 aliphatic rings. The van der Waals surface area contributed by atoms with Crippen molar-refractivity contribution in [3.05, 3.63) is 65.7 Å². The molecule has 2 aromatic carbocycles. The smallest absolute Gasteiger partial charge is 0.251 e. The van der Waals surface area contributed by atoms with Crippen LogP contribution in [0.2, 0.25) is 0 Å². The number of rotatable bonds is 7. The van der Waals surface area contributed by atoms with Crippen LogP contribution in [0.25, 0.3) is 6.08 Å². The van der Waals surface area contributed by atoms with Crippen molar-refractivity contribution in [1.29, 1.82) is 0 Å². The Bertz CT molecular complexity index is 1130. The molecule has 2 amide bonds. The van der Waals surface area contributed by atoms with E-state index in [2.05, 4.69) is 5.32 Å². The molecule has 33 heavy (non-hydrogen) atoms. The van der Waals surface area contributed by atoms with Crippen molar-refractivity contribution in [3.8, 4) is 5.75 Å². The van der Waals surface area contributed by atoms with Gasteiger partial charge in [-0.2, -0.15) is 4.31 Å². The number of carbonyl (C=O) groups excluding carboxylic acids is 2. The molecule has 174 valence electrons. The monoisotopic (exact) mass is 469 g/mol. The van der Waals surface area contributed by atoms with E-state index >= 15 is 0 Å². The number of nitrogens with zero attached hydrogens (tertiary/aromatic N) is 2. The summed E-state index contributed by atoms with van der Waals surface area (Å²) in [7, 11) is -2.09. The van der Waals surface area contributed by atoms with Gasteiger partial charge in [0.15, 0.2) is 0 Å². The van der Waals surface area contributed by atoms with Crippen LogP contribution in [0.3, 0.4) is 0 Å². The Hall–Kier alpha value is -3.17. The van der Waals surface area contributed by atoms with E-state index in [9.17, 15) is 18.0 Å². The topological polar surface area (TPSA) is 96.0 Å². The van der Waals surface area contributed by atoms with E-state index < -0.39 is 10.0 Å². The van der Waals surface area contributed by atoms with E-state index in [0.29, 0.717) is 30.4 Å². The summed E-state index contributed by atoms with van der Waals surface area (Å²) >= 11 is 0. The average molecular weight is 470 g/mol. The Kier molecular flexibility index (Phi) is 6.80. The average Bonchev–Trinajstić information content (AvgIpc) is 3.67. The van der Waals surface area contributed by atoms with Gasteiger partial charge in [0.25, 0.3) is 5.91 Å². The van der Waals surface area contributed by atoms with Crippen molar-refractivity contribution in [2.75, 3.05) is 33.3 Å². The highest BCUT2D eigenvalue weighted by Crippen LogP contribution is 2.21. The summed E-state index contributed by atoms with van der Waals surface area (Å²) in [6, 6.07) is 13.7. The van der Waals surface area contributed by atoms with Gasteiger partial charge in [-0.25, -0.2) is 8.42 Å². The second-order valence-corrected chi connectivity index (χ2v) is 10.0. The standard InChI is InChI=1S/C24H27N3O5S/c1-32-21-9-11-22(12-10-21)33(30,31)27-16-14-26(15-17-27)23(28)13-4-18-2-5-19(6-3-18)24(29)25-20-7-8-20/h2-6,9-13,20H,7-8,14-17H2,1H3,(H,25,29)/b13-4+. The molecule has 1 aliphatic carbocycles. The molecular formula is C24H27N3O5S. The van der Waals surface area contributed by atoms with Crippen molar-refractivity contribution >= 4 is 27.9 Å². The van der Waals surface area contributed by atoms with Crippen molar-refractivity contribution in [1.82, 2.24) is 14.5 Å². The predicted molar refractivity (Wildman–Crippen MR) is 124 cm³/mol. The van der Waals surface area contributed by atoms with Gasteiger partial charge in [0.1, 0.15) is 5.75 Å². The Balaban J connectivity index is 1.30. The highest BCUT2D eigenvalue weighted by Gasteiger charge is 2.29. The van der Waals surface area contributed by atoms with Crippen molar-refractivity contribution in [2.24, 2.45) is 0 Å². The number of sulfonamides is 1. The molecule has 9 heteroatoms. The highest BCUT2D eigenvalue weighted by molar-refractivity contribution is 7.89. The summed E-state index contributed by atoms with van der Waals surface area (Å²) in [5.74, 6) is 0.339. The molecule has 4 rings (SSSR count). The normalized spacial score (nSPS) is 17.2. The lowest BCUT2D eigenvalue weighted by Crippen LogP contribution is -2.50. The van der Waals surface area contributed by atoms with Crippen LogP contribution in [0.15, 0.2) is 59.5 Å². The second-order valence-electron chi connectivity index (χ2n) is 8.11. The van der Waals surface area contributed by atoms with E-state index in [4.69, 9.17) is 4.74 Å². The number of methoxy groups -OCH3 is 1. The Morgan fingerprint density at radius 3 is 2.18 bits per heavy atom. The van der Waals surface area contributed by atoms with E-state index in [1.54, 1.807) is 47.4 Å². The third-order valence-corrected chi connectivity index (χ3v) is 7.66. The van der Waals surface area contributed by atoms with Crippen molar-refractivity contribution in [3.63, 3.8) is 0 Å². The summed E-state index contributed by atoms with van der Waals surface area (Å²) < 4.78 is 32.2. The second kappa shape index (κ2) is 9.76. The Labute approximate surface area is 193 Å². The third kappa shape index (κ3) is 5.61. The van der Waals surface area contributed by atoms with Crippen LogP contribution in [0.5, 0.6) is 5.75 Å². The third-order valence-electron chi connectivity index (χ3n) is 5.75. The maximum absolute atomic E-state index is 12.9. The molecule has 0 aromatic heterocycles. The van der Waals surface area contributed by atoms with Crippen LogP contribution in [0, 0.1) is 0 Å². The summed E-state index contributed by atoms with van der Waals surface area (Å²) in [6.07, 6.45) is 5.25. The first kappa shape index (κ1) is 23.0. The number of hydrogen-bond donors (Lipinski definition) is 1. The highest BCUT2D eigenvalue weighted by atomic mass is 32.2. The molecule has 2 fully saturated rings. The van der Waals surface area contributed by atoms with Crippen molar-refractivity contribution < 1.29 is 22.7 Å². The zero-order chi connectivity index (χ0) is 23.4. The number of carbonyl (C=O) groups is 2. The summed E-state index contributed by atoms with van der Waals surface area (Å²) in [4.78, 5) is 26.5. The zero-order valence-electron chi connectivity index (χ0n) is 18.4. The maximum Gasteiger partial charge on any atom is 0.251 e. The largest absolute Gasteiger partial charge is 0.497 e. The van der Waals surface area contributed by atoms with Gasteiger partial charge < -0.3 is 15.0 Å². The molecule has 1 saturated heterocycles. The Morgan fingerprint density at radius 1 is 0.970 bits per heavy atom. The fraction of sp³-hybridized carbons (Fsp3) is 0.333. The number of benzene rings is 2. The first-order valence-corrected chi connectivity index (χ1v) is 12.3.